The van der Waals surface area contributed by atoms with Crippen molar-refractivity contribution in [2.24, 2.45) is 0 Å². The Kier molecular flexibility index (Phi) is 1.58. The minimum atomic E-state index is -0.375. The number of hydrogen-bond acceptors (Lipinski definition) is 3. The van der Waals surface area contributed by atoms with Crippen molar-refractivity contribution in [1.82, 2.24) is 4.98 Å². The highest BCUT2D eigenvalue weighted by Crippen LogP contribution is 2.23. The van der Waals surface area contributed by atoms with Gasteiger partial charge >= 0.3 is 0 Å². The molecule has 4 heteroatoms. The van der Waals surface area contributed by atoms with Crippen LogP contribution in [0.15, 0.2) is 21.8 Å². The molecule has 2 rings (SSSR count). The molecule has 2 nitrogen and oxygen atoms in total. The summed E-state index contributed by atoms with van der Waals surface area (Å²) in [7, 11) is 0. The quantitative estimate of drug-likeness (QED) is 0.635. The van der Waals surface area contributed by atoms with Crippen molar-refractivity contribution < 1.29 is 8.81 Å². The number of fused-ring (bicyclic) bond motifs is 1. The van der Waals surface area contributed by atoms with Crippen LogP contribution in [-0.4, -0.2) is 4.98 Å². The molecule has 0 amide bonds. The van der Waals surface area contributed by atoms with Crippen LogP contribution < -0.4 is 0 Å². The summed E-state index contributed by atoms with van der Waals surface area (Å²) >= 11 is 3.89. The van der Waals surface area contributed by atoms with Gasteiger partial charge in [-0.05, 0) is 18.6 Å². The molecule has 2 aromatic rings. The van der Waals surface area contributed by atoms with Crippen molar-refractivity contribution in [2.75, 3.05) is 0 Å². The van der Waals surface area contributed by atoms with Crippen LogP contribution in [0.2, 0.25) is 0 Å². The molecule has 0 bridgehead atoms. The van der Waals surface area contributed by atoms with E-state index in [4.69, 9.17) is 4.42 Å². The molecule has 0 fully saturated rings. The van der Waals surface area contributed by atoms with Gasteiger partial charge in [-0.25, -0.2) is 9.37 Å². The van der Waals surface area contributed by atoms with Crippen LogP contribution in [0.4, 0.5) is 4.39 Å². The Labute approximate surface area is 73.8 Å². The highest BCUT2D eigenvalue weighted by Gasteiger charge is 2.09. The molecule has 0 saturated heterocycles. The average Bonchev–Trinajstić information content (AvgIpc) is 2.41. The Hall–Kier alpha value is -1.03. The lowest BCUT2D eigenvalue weighted by Gasteiger charge is -1.92. The molecule has 0 aliphatic carbocycles. The molecule has 0 unspecified atom stereocenters. The minimum absolute atomic E-state index is 0.193. The number of benzene rings is 1. The monoisotopic (exact) mass is 183 g/mol. The minimum Gasteiger partial charge on any atom is -0.431 e. The summed E-state index contributed by atoms with van der Waals surface area (Å²) in [5, 5.41) is 0.193. The fourth-order valence-electron chi connectivity index (χ4n) is 1.09. The second-order valence-electron chi connectivity index (χ2n) is 2.54. The van der Waals surface area contributed by atoms with Crippen molar-refractivity contribution in [3.05, 3.63) is 23.5 Å². The predicted molar refractivity (Wildman–Crippen MR) is 46.0 cm³/mol. The van der Waals surface area contributed by atoms with E-state index in [1.54, 1.807) is 6.07 Å². The molecule has 1 aromatic carbocycles. The second kappa shape index (κ2) is 2.48. The maximum absolute atomic E-state index is 13.0. The number of nitrogens with zero attached hydrogens (tertiary/aromatic N) is 1. The van der Waals surface area contributed by atoms with E-state index in [1.165, 1.54) is 6.07 Å². The highest BCUT2D eigenvalue weighted by atomic mass is 32.1. The van der Waals surface area contributed by atoms with Gasteiger partial charge in [-0.15, -0.1) is 0 Å². The van der Waals surface area contributed by atoms with Crippen LogP contribution in [-0.2, 0) is 0 Å². The van der Waals surface area contributed by atoms with Gasteiger partial charge in [0.15, 0.2) is 11.4 Å². The first-order valence-electron chi connectivity index (χ1n) is 3.43. The molecule has 1 aromatic heterocycles. The van der Waals surface area contributed by atoms with E-state index in [-0.39, 0.29) is 16.6 Å². The molecule has 12 heavy (non-hydrogen) atoms. The number of aryl methyl sites for hydroxylation is 1. The van der Waals surface area contributed by atoms with E-state index < -0.39 is 0 Å². The third kappa shape index (κ3) is 0.992. The zero-order chi connectivity index (χ0) is 8.72. The first-order valence-corrected chi connectivity index (χ1v) is 3.88. The number of halogens is 1. The van der Waals surface area contributed by atoms with Crippen LogP contribution in [0.3, 0.4) is 0 Å². The first-order chi connectivity index (χ1) is 5.68. The van der Waals surface area contributed by atoms with Crippen LogP contribution >= 0.6 is 12.6 Å². The number of rotatable bonds is 0. The second-order valence-corrected chi connectivity index (χ2v) is 2.92. The number of oxazole rings is 1. The molecular weight excluding hydrogens is 177 g/mol. The fraction of sp³-hybridized carbons (Fsp3) is 0.125. The maximum Gasteiger partial charge on any atom is 0.253 e. The van der Waals surface area contributed by atoms with Gasteiger partial charge in [0.05, 0.1) is 0 Å². The SMILES string of the molecule is Cc1ccc(F)c2nc(S)oc12. The maximum atomic E-state index is 13.0. The van der Waals surface area contributed by atoms with Crippen LogP contribution in [0.1, 0.15) is 5.56 Å². The summed E-state index contributed by atoms with van der Waals surface area (Å²) < 4.78 is 18.1. The topological polar surface area (TPSA) is 26.0 Å². The molecule has 1 heterocycles. The summed E-state index contributed by atoms with van der Waals surface area (Å²) in [5.74, 6) is -0.375. The van der Waals surface area contributed by atoms with Gasteiger partial charge in [-0.1, -0.05) is 18.7 Å². The molecule has 0 saturated carbocycles. The lowest BCUT2D eigenvalue weighted by Crippen LogP contribution is -1.79. The van der Waals surface area contributed by atoms with Crippen molar-refractivity contribution in [3.8, 4) is 0 Å². The summed E-state index contributed by atoms with van der Waals surface area (Å²) in [5.41, 5.74) is 1.58. The molecule has 0 aliphatic rings. The van der Waals surface area contributed by atoms with E-state index in [0.717, 1.165) is 5.56 Å². The molecule has 0 radical (unpaired) electrons. The van der Waals surface area contributed by atoms with Gasteiger partial charge in [0, 0.05) is 0 Å². The Morgan fingerprint density at radius 2 is 2.25 bits per heavy atom. The van der Waals surface area contributed by atoms with E-state index in [9.17, 15) is 4.39 Å². The average molecular weight is 183 g/mol. The summed E-state index contributed by atoms with van der Waals surface area (Å²) in [6.45, 7) is 1.83. The highest BCUT2D eigenvalue weighted by molar-refractivity contribution is 7.80. The summed E-state index contributed by atoms with van der Waals surface area (Å²) in [6, 6.07) is 3.02. The van der Waals surface area contributed by atoms with E-state index >= 15 is 0 Å². The van der Waals surface area contributed by atoms with Gasteiger partial charge in [-0.2, -0.15) is 0 Å². The van der Waals surface area contributed by atoms with Gasteiger partial charge in [0.25, 0.3) is 5.22 Å². The molecule has 62 valence electrons. The lowest BCUT2D eigenvalue weighted by atomic mass is 10.2. The molecule has 0 aliphatic heterocycles. The van der Waals surface area contributed by atoms with Gasteiger partial charge < -0.3 is 4.42 Å². The zero-order valence-corrected chi connectivity index (χ0v) is 7.23. The number of aromatic nitrogens is 1. The largest absolute Gasteiger partial charge is 0.431 e. The standard InChI is InChI=1S/C8H6FNOS/c1-4-2-3-5(9)6-7(4)11-8(12)10-6/h2-3H,1H3,(H,10,12). The molecule has 0 N–H and O–H groups in total. The normalized spacial score (nSPS) is 10.9. The zero-order valence-electron chi connectivity index (χ0n) is 6.34. The van der Waals surface area contributed by atoms with Crippen LogP contribution in [0.25, 0.3) is 11.1 Å². The Morgan fingerprint density at radius 1 is 1.50 bits per heavy atom. The first kappa shape index (κ1) is 7.61. The third-order valence-corrected chi connectivity index (χ3v) is 1.87. The molecular formula is C8H6FNOS. The summed E-state index contributed by atoms with van der Waals surface area (Å²) in [4.78, 5) is 3.80. The van der Waals surface area contributed by atoms with Crippen molar-refractivity contribution in [2.45, 2.75) is 12.1 Å². The van der Waals surface area contributed by atoms with Gasteiger partial charge in [-0.3, -0.25) is 0 Å². The van der Waals surface area contributed by atoms with E-state index in [0.29, 0.717) is 5.58 Å². The van der Waals surface area contributed by atoms with Gasteiger partial charge in [0.1, 0.15) is 5.52 Å². The lowest BCUT2D eigenvalue weighted by molar-refractivity contribution is 0.490. The molecule has 0 spiro atoms. The third-order valence-electron chi connectivity index (χ3n) is 1.68. The molecule has 0 atom stereocenters. The van der Waals surface area contributed by atoms with E-state index in [1.807, 2.05) is 6.92 Å². The number of hydrogen-bond donors (Lipinski definition) is 1. The Balaban J connectivity index is 2.93. The Bertz CT molecular complexity index is 399. The summed E-state index contributed by atoms with van der Waals surface area (Å²) in [6.07, 6.45) is 0. The van der Waals surface area contributed by atoms with E-state index in [2.05, 4.69) is 17.6 Å². The fourth-order valence-corrected chi connectivity index (χ4v) is 1.28. The van der Waals surface area contributed by atoms with Crippen molar-refractivity contribution in [1.29, 1.82) is 0 Å². The smallest absolute Gasteiger partial charge is 0.253 e. The number of thiol groups is 1. The van der Waals surface area contributed by atoms with Gasteiger partial charge in [0.2, 0.25) is 0 Å². The van der Waals surface area contributed by atoms with Crippen molar-refractivity contribution >= 4 is 23.7 Å². The van der Waals surface area contributed by atoms with Crippen molar-refractivity contribution in [3.63, 3.8) is 0 Å². The van der Waals surface area contributed by atoms with Crippen LogP contribution in [0.5, 0.6) is 0 Å². The predicted octanol–water partition coefficient (Wildman–Crippen LogP) is 2.56. The van der Waals surface area contributed by atoms with Crippen LogP contribution in [0, 0.1) is 12.7 Å². The Morgan fingerprint density at radius 3 is 2.92 bits per heavy atom.